The standard InChI is InChI=1S/C26H26N6O4S/c1-15-6-3-4-8-19(15)32(26(35)23-20(27)21(24(28)33)31-37-23)22(25(34)30-12-13-36-2)17-9-10-18-16(14-17)7-5-11-29-18/h3-11,14,22H,12-13,27H2,1-2H3,(H2,28,33)(H,30,34)/t22-/m0/s1. The molecule has 0 radical (unpaired) electrons. The molecule has 2 aromatic heterocycles. The highest BCUT2D eigenvalue weighted by atomic mass is 32.1. The minimum Gasteiger partial charge on any atom is -0.395 e. The smallest absolute Gasteiger partial charge is 0.273 e. The molecule has 0 aliphatic carbocycles. The summed E-state index contributed by atoms with van der Waals surface area (Å²) in [6.45, 7) is 2.37. The lowest BCUT2D eigenvalue weighted by Crippen LogP contribution is -2.45. The van der Waals surface area contributed by atoms with E-state index in [1.165, 1.54) is 12.0 Å². The van der Waals surface area contributed by atoms with Gasteiger partial charge in [-0.15, -0.1) is 0 Å². The van der Waals surface area contributed by atoms with Crippen molar-refractivity contribution in [1.82, 2.24) is 14.7 Å². The molecule has 0 spiro atoms. The van der Waals surface area contributed by atoms with Crippen LogP contribution in [0.3, 0.4) is 0 Å². The minimum atomic E-state index is -1.09. The molecule has 0 saturated heterocycles. The molecule has 11 heteroatoms. The Labute approximate surface area is 217 Å². The Morgan fingerprint density at radius 1 is 1.14 bits per heavy atom. The summed E-state index contributed by atoms with van der Waals surface area (Å²) < 4.78 is 9.07. The Bertz CT molecular complexity index is 1470. The molecule has 3 amide bonds. The number of nitrogens with two attached hydrogens (primary N) is 2. The van der Waals surface area contributed by atoms with Crippen molar-refractivity contribution in [2.24, 2.45) is 5.73 Å². The third-order valence-electron chi connectivity index (χ3n) is 5.80. The van der Waals surface area contributed by atoms with E-state index in [4.69, 9.17) is 16.2 Å². The quantitative estimate of drug-likeness (QED) is 0.288. The van der Waals surface area contributed by atoms with E-state index in [1.54, 1.807) is 36.5 Å². The van der Waals surface area contributed by atoms with E-state index in [1.807, 2.05) is 31.2 Å². The summed E-state index contributed by atoms with van der Waals surface area (Å²) >= 11 is 0.761. The molecule has 37 heavy (non-hydrogen) atoms. The number of nitrogens with one attached hydrogen (secondary N) is 1. The number of fused-ring (bicyclic) bond motifs is 1. The number of ether oxygens (including phenoxy) is 1. The first-order valence-electron chi connectivity index (χ1n) is 11.4. The van der Waals surface area contributed by atoms with Crippen LogP contribution >= 0.6 is 11.5 Å². The van der Waals surface area contributed by atoms with Gasteiger partial charge in [0.25, 0.3) is 11.8 Å². The van der Waals surface area contributed by atoms with Crippen molar-refractivity contribution in [3.05, 3.63) is 82.5 Å². The van der Waals surface area contributed by atoms with Crippen LogP contribution in [0.1, 0.15) is 37.3 Å². The van der Waals surface area contributed by atoms with Crippen LogP contribution in [-0.2, 0) is 9.53 Å². The lowest BCUT2D eigenvalue weighted by Gasteiger charge is -2.32. The molecule has 0 saturated carbocycles. The SMILES string of the molecule is COCCNC(=O)[C@H](c1ccc2ncccc2c1)N(C(=O)c1snc(C(N)=O)c1N)c1ccccc1C. The van der Waals surface area contributed by atoms with Gasteiger partial charge in [0.1, 0.15) is 10.9 Å². The highest BCUT2D eigenvalue weighted by Crippen LogP contribution is 2.35. The molecule has 0 bridgehead atoms. The maximum atomic E-state index is 14.1. The van der Waals surface area contributed by atoms with Crippen LogP contribution in [0.2, 0.25) is 0 Å². The van der Waals surface area contributed by atoms with Crippen molar-refractivity contribution < 1.29 is 19.1 Å². The number of nitrogens with zero attached hydrogens (tertiary/aromatic N) is 3. The summed E-state index contributed by atoms with van der Waals surface area (Å²) in [5.74, 6) is -1.85. The van der Waals surface area contributed by atoms with E-state index in [-0.39, 0.29) is 22.8 Å². The van der Waals surface area contributed by atoms with E-state index in [0.29, 0.717) is 17.9 Å². The van der Waals surface area contributed by atoms with Crippen LogP contribution in [0, 0.1) is 6.92 Å². The Hall–Kier alpha value is -4.35. The maximum Gasteiger partial charge on any atom is 0.273 e. The van der Waals surface area contributed by atoms with Gasteiger partial charge in [-0.3, -0.25) is 24.3 Å². The third-order valence-corrected chi connectivity index (χ3v) is 6.66. The molecule has 0 fully saturated rings. The number of hydrogen-bond acceptors (Lipinski definition) is 8. The molecular formula is C26H26N6O4S. The largest absolute Gasteiger partial charge is 0.395 e. The van der Waals surface area contributed by atoms with Gasteiger partial charge in [0.2, 0.25) is 5.91 Å². The minimum absolute atomic E-state index is 0.00852. The molecule has 2 heterocycles. The predicted molar refractivity (Wildman–Crippen MR) is 142 cm³/mol. The fraction of sp³-hybridized carbons (Fsp3) is 0.192. The van der Waals surface area contributed by atoms with Crippen molar-refractivity contribution in [2.75, 3.05) is 30.9 Å². The van der Waals surface area contributed by atoms with E-state index < -0.39 is 23.8 Å². The normalized spacial score (nSPS) is 11.7. The lowest BCUT2D eigenvalue weighted by molar-refractivity contribution is -0.122. The molecule has 1 atom stereocenters. The molecule has 190 valence electrons. The van der Waals surface area contributed by atoms with Gasteiger partial charge in [-0.2, -0.15) is 4.37 Å². The van der Waals surface area contributed by atoms with Crippen molar-refractivity contribution in [1.29, 1.82) is 0 Å². The third kappa shape index (κ3) is 5.27. The van der Waals surface area contributed by atoms with Crippen LogP contribution < -0.4 is 21.7 Å². The average Bonchev–Trinajstić information content (AvgIpc) is 3.28. The summed E-state index contributed by atoms with van der Waals surface area (Å²) in [4.78, 5) is 45.3. The number of benzene rings is 2. The van der Waals surface area contributed by atoms with E-state index >= 15 is 0 Å². The number of carbonyl (C=O) groups excluding carboxylic acids is 3. The first kappa shape index (κ1) is 25.7. The number of aromatic nitrogens is 2. The summed E-state index contributed by atoms with van der Waals surface area (Å²) in [6.07, 6.45) is 1.68. The number of aryl methyl sites for hydroxylation is 1. The number of nitrogen functional groups attached to an aromatic ring is 1. The van der Waals surface area contributed by atoms with E-state index in [2.05, 4.69) is 14.7 Å². The first-order valence-corrected chi connectivity index (χ1v) is 12.2. The number of para-hydroxylation sites is 1. The second-order valence-electron chi connectivity index (χ2n) is 8.24. The van der Waals surface area contributed by atoms with Crippen LogP contribution in [0.15, 0.2) is 60.8 Å². The Balaban J connectivity index is 1.91. The number of methoxy groups -OCH3 is 1. The number of anilines is 2. The molecule has 10 nitrogen and oxygen atoms in total. The molecule has 4 aromatic rings. The van der Waals surface area contributed by atoms with Crippen LogP contribution in [0.5, 0.6) is 0 Å². The van der Waals surface area contributed by atoms with E-state index in [9.17, 15) is 14.4 Å². The number of hydrogen-bond donors (Lipinski definition) is 3. The van der Waals surface area contributed by atoms with Crippen LogP contribution in [-0.4, -0.2) is 47.3 Å². The number of pyridine rings is 1. The maximum absolute atomic E-state index is 14.1. The van der Waals surface area contributed by atoms with Crippen LogP contribution in [0.25, 0.3) is 10.9 Å². The summed E-state index contributed by atoms with van der Waals surface area (Å²) in [7, 11) is 1.53. The fourth-order valence-corrected chi connectivity index (χ4v) is 4.74. The first-order chi connectivity index (χ1) is 17.8. The number of carbonyl (C=O) groups is 3. The predicted octanol–water partition coefficient (Wildman–Crippen LogP) is 2.83. The van der Waals surface area contributed by atoms with Crippen molar-refractivity contribution >= 4 is 51.5 Å². The molecule has 0 unspecified atom stereocenters. The van der Waals surface area contributed by atoms with Gasteiger partial charge in [0, 0.05) is 30.9 Å². The van der Waals surface area contributed by atoms with Crippen LogP contribution in [0.4, 0.5) is 11.4 Å². The average molecular weight is 519 g/mol. The Morgan fingerprint density at radius 3 is 2.62 bits per heavy atom. The highest BCUT2D eigenvalue weighted by molar-refractivity contribution is 7.09. The Kier molecular flexibility index (Phi) is 7.75. The summed E-state index contributed by atoms with van der Waals surface area (Å²) in [5.41, 5.74) is 13.8. The van der Waals surface area contributed by atoms with Gasteiger partial charge in [-0.25, -0.2) is 0 Å². The van der Waals surface area contributed by atoms with Gasteiger partial charge in [-0.05, 0) is 53.8 Å². The summed E-state index contributed by atoms with van der Waals surface area (Å²) in [6, 6.07) is 15.2. The van der Waals surface area contributed by atoms with Gasteiger partial charge in [0.15, 0.2) is 5.69 Å². The zero-order valence-electron chi connectivity index (χ0n) is 20.3. The van der Waals surface area contributed by atoms with Gasteiger partial charge < -0.3 is 21.5 Å². The monoisotopic (exact) mass is 518 g/mol. The van der Waals surface area contributed by atoms with Gasteiger partial charge in [0.05, 0.1) is 17.8 Å². The zero-order valence-corrected chi connectivity index (χ0v) is 21.1. The number of rotatable bonds is 9. The molecule has 5 N–H and O–H groups in total. The molecule has 0 aliphatic rings. The fourth-order valence-electron chi connectivity index (χ4n) is 3.99. The van der Waals surface area contributed by atoms with E-state index in [0.717, 1.165) is 28.0 Å². The summed E-state index contributed by atoms with van der Waals surface area (Å²) in [5, 5.41) is 3.66. The second kappa shape index (κ2) is 11.1. The molecule has 2 aromatic carbocycles. The molecular weight excluding hydrogens is 492 g/mol. The molecule has 0 aliphatic heterocycles. The Morgan fingerprint density at radius 2 is 1.92 bits per heavy atom. The van der Waals surface area contributed by atoms with Crippen molar-refractivity contribution in [2.45, 2.75) is 13.0 Å². The zero-order chi connectivity index (χ0) is 26.5. The van der Waals surface area contributed by atoms with Crippen molar-refractivity contribution in [3.63, 3.8) is 0 Å². The highest BCUT2D eigenvalue weighted by Gasteiger charge is 2.36. The number of primary amides is 1. The van der Waals surface area contributed by atoms with Gasteiger partial charge >= 0.3 is 0 Å². The van der Waals surface area contributed by atoms with Crippen molar-refractivity contribution in [3.8, 4) is 0 Å². The van der Waals surface area contributed by atoms with Gasteiger partial charge in [-0.1, -0.05) is 30.3 Å². The second-order valence-corrected chi connectivity index (χ2v) is 9.02. The topological polar surface area (TPSA) is 154 Å². The number of amides is 3. The lowest BCUT2D eigenvalue weighted by atomic mass is 9.99. The molecule has 4 rings (SSSR count).